The van der Waals surface area contributed by atoms with E-state index in [0.717, 1.165) is 40.8 Å². The maximum Gasteiger partial charge on any atom is 0.191 e. The Bertz CT molecular complexity index is 1060. The topological polar surface area (TPSA) is 72.7 Å². The van der Waals surface area contributed by atoms with Gasteiger partial charge in [-0.25, -0.2) is 0 Å². The Balaban J connectivity index is 1.60. The highest BCUT2D eigenvalue weighted by Crippen LogP contribution is 2.20. The molecule has 33 heavy (non-hydrogen) atoms. The van der Waals surface area contributed by atoms with Gasteiger partial charge >= 0.3 is 0 Å². The zero-order valence-corrected chi connectivity index (χ0v) is 20.3. The summed E-state index contributed by atoms with van der Waals surface area (Å²) in [7, 11) is 3.45. The fourth-order valence-corrected chi connectivity index (χ4v) is 3.65. The summed E-state index contributed by atoms with van der Waals surface area (Å²) in [4.78, 5) is 4.38. The standard InChI is InChI=1S/C26H35N5O2/c1-19-11-12-23(25(15-19)33-14-13-32-5)16-28-26(27-4)29-17-24-20(2)30-31(21(24)3)18-22-9-7-6-8-10-22/h6-12,15H,13-14,16-18H2,1-5H3,(H2,27,28,29). The van der Waals surface area contributed by atoms with Crippen molar-refractivity contribution in [3.63, 3.8) is 0 Å². The first-order chi connectivity index (χ1) is 16.0. The molecule has 0 radical (unpaired) electrons. The van der Waals surface area contributed by atoms with Crippen LogP contribution in [0.2, 0.25) is 0 Å². The van der Waals surface area contributed by atoms with E-state index in [9.17, 15) is 0 Å². The molecule has 0 aliphatic carbocycles. The molecule has 0 unspecified atom stereocenters. The second kappa shape index (κ2) is 12.1. The van der Waals surface area contributed by atoms with Gasteiger partial charge < -0.3 is 20.1 Å². The molecule has 3 aromatic rings. The molecule has 0 saturated carbocycles. The van der Waals surface area contributed by atoms with Crippen LogP contribution in [-0.4, -0.2) is 43.1 Å². The van der Waals surface area contributed by atoms with Crippen LogP contribution in [0.4, 0.5) is 0 Å². The second-order valence-electron chi connectivity index (χ2n) is 8.02. The van der Waals surface area contributed by atoms with Gasteiger partial charge in [0.2, 0.25) is 0 Å². The van der Waals surface area contributed by atoms with Gasteiger partial charge in [-0.05, 0) is 38.0 Å². The normalized spacial score (nSPS) is 11.5. The van der Waals surface area contributed by atoms with Gasteiger partial charge in [-0.3, -0.25) is 9.67 Å². The molecule has 0 atom stereocenters. The van der Waals surface area contributed by atoms with Crippen molar-refractivity contribution in [2.75, 3.05) is 27.4 Å². The number of rotatable bonds is 10. The zero-order chi connectivity index (χ0) is 23.6. The van der Waals surface area contributed by atoms with Gasteiger partial charge in [-0.1, -0.05) is 42.5 Å². The summed E-state index contributed by atoms with van der Waals surface area (Å²) in [5.41, 5.74) is 6.84. The van der Waals surface area contributed by atoms with Crippen molar-refractivity contribution in [2.45, 2.75) is 40.4 Å². The van der Waals surface area contributed by atoms with E-state index >= 15 is 0 Å². The van der Waals surface area contributed by atoms with Gasteiger partial charge in [0.15, 0.2) is 5.96 Å². The summed E-state index contributed by atoms with van der Waals surface area (Å²) in [6.45, 7) is 9.32. The van der Waals surface area contributed by atoms with E-state index in [0.29, 0.717) is 26.3 Å². The van der Waals surface area contributed by atoms with Crippen molar-refractivity contribution in [1.82, 2.24) is 20.4 Å². The predicted molar refractivity (Wildman–Crippen MR) is 133 cm³/mol. The lowest BCUT2D eigenvalue weighted by atomic mass is 10.1. The molecule has 0 aliphatic rings. The highest BCUT2D eigenvalue weighted by Gasteiger charge is 2.13. The summed E-state index contributed by atoms with van der Waals surface area (Å²) < 4.78 is 13.1. The maximum atomic E-state index is 5.90. The van der Waals surface area contributed by atoms with E-state index in [-0.39, 0.29) is 0 Å². The van der Waals surface area contributed by atoms with E-state index in [1.807, 2.05) is 6.07 Å². The molecule has 7 nitrogen and oxygen atoms in total. The average molecular weight is 450 g/mol. The molecular weight excluding hydrogens is 414 g/mol. The van der Waals surface area contributed by atoms with Crippen LogP contribution >= 0.6 is 0 Å². The quantitative estimate of drug-likeness (QED) is 0.280. The molecular formula is C26H35N5O2. The molecule has 0 fully saturated rings. The van der Waals surface area contributed by atoms with Gasteiger partial charge in [-0.2, -0.15) is 5.10 Å². The van der Waals surface area contributed by atoms with E-state index in [1.165, 1.54) is 11.1 Å². The van der Waals surface area contributed by atoms with Gasteiger partial charge in [0.1, 0.15) is 12.4 Å². The number of aromatic nitrogens is 2. The van der Waals surface area contributed by atoms with Crippen molar-refractivity contribution < 1.29 is 9.47 Å². The fourth-order valence-electron chi connectivity index (χ4n) is 3.65. The van der Waals surface area contributed by atoms with Crippen LogP contribution in [0, 0.1) is 20.8 Å². The molecule has 176 valence electrons. The number of aryl methyl sites for hydroxylation is 2. The van der Waals surface area contributed by atoms with Crippen LogP contribution in [0.15, 0.2) is 53.5 Å². The third-order valence-corrected chi connectivity index (χ3v) is 5.58. The van der Waals surface area contributed by atoms with E-state index in [2.05, 4.69) is 83.5 Å². The number of aliphatic imine (C=N–C) groups is 1. The maximum absolute atomic E-state index is 5.90. The number of benzene rings is 2. The summed E-state index contributed by atoms with van der Waals surface area (Å²) in [5, 5.41) is 11.6. The van der Waals surface area contributed by atoms with Crippen molar-refractivity contribution in [3.8, 4) is 5.75 Å². The first-order valence-corrected chi connectivity index (χ1v) is 11.2. The van der Waals surface area contributed by atoms with Crippen LogP contribution in [-0.2, 0) is 24.4 Å². The minimum absolute atomic E-state index is 0.519. The average Bonchev–Trinajstić information content (AvgIpc) is 3.08. The Morgan fingerprint density at radius 2 is 1.76 bits per heavy atom. The monoisotopic (exact) mass is 449 g/mol. The number of nitrogens with zero attached hydrogens (tertiary/aromatic N) is 3. The van der Waals surface area contributed by atoms with Gasteiger partial charge in [0, 0.05) is 44.1 Å². The third kappa shape index (κ3) is 6.83. The zero-order valence-electron chi connectivity index (χ0n) is 20.3. The minimum Gasteiger partial charge on any atom is -0.491 e. The van der Waals surface area contributed by atoms with E-state index in [4.69, 9.17) is 14.6 Å². The molecule has 0 aliphatic heterocycles. The van der Waals surface area contributed by atoms with E-state index < -0.39 is 0 Å². The highest BCUT2D eigenvalue weighted by molar-refractivity contribution is 5.79. The van der Waals surface area contributed by atoms with Gasteiger partial charge in [0.25, 0.3) is 0 Å². The number of hydrogen-bond acceptors (Lipinski definition) is 4. The molecule has 0 spiro atoms. The summed E-state index contributed by atoms with van der Waals surface area (Å²) in [6.07, 6.45) is 0. The first kappa shape index (κ1) is 24.3. The van der Waals surface area contributed by atoms with Gasteiger partial charge in [0.05, 0.1) is 18.8 Å². The lowest BCUT2D eigenvalue weighted by Crippen LogP contribution is -2.36. The Morgan fingerprint density at radius 1 is 1.00 bits per heavy atom. The third-order valence-electron chi connectivity index (χ3n) is 5.58. The Labute approximate surface area is 196 Å². The Morgan fingerprint density at radius 3 is 2.48 bits per heavy atom. The summed E-state index contributed by atoms with van der Waals surface area (Å²) >= 11 is 0. The smallest absolute Gasteiger partial charge is 0.191 e. The lowest BCUT2D eigenvalue weighted by Gasteiger charge is -2.15. The highest BCUT2D eigenvalue weighted by atomic mass is 16.5. The first-order valence-electron chi connectivity index (χ1n) is 11.2. The molecule has 7 heteroatoms. The number of ether oxygens (including phenoxy) is 2. The molecule has 3 rings (SSSR count). The molecule has 1 aromatic heterocycles. The minimum atomic E-state index is 0.519. The van der Waals surface area contributed by atoms with Crippen LogP contribution in [0.25, 0.3) is 0 Å². The lowest BCUT2D eigenvalue weighted by molar-refractivity contribution is 0.145. The van der Waals surface area contributed by atoms with Crippen molar-refractivity contribution in [2.24, 2.45) is 4.99 Å². The van der Waals surface area contributed by atoms with Crippen LogP contribution in [0.1, 0.15) is 33.6 Å². The van der Waals surface area contributed by atoms with Crippen LogP contribution in [0.3, 0.4) is 0 Å². The molecule has 1 heterocycles. The van der Waals surface area contributed by atoms with Crippen molar-refractivity contribution >= 4 is 5.96 Å². The SMILES string of the molecule is CN=C(NCc1ccc(C)cc1OCCOC)NCc1c(C)nn(Cc2ccccc2)c1C. The van der Waals surface area contributed by atoms with Crippen molar-refractivity contribution in [1.29, 1.82) is 0 Å². The molecule has 0 bridgehead atoms. The largest absolute Gasteiger partial charge is 0.491 e. The van der Waals surface area contributed by atoms with Gasteiger partial charge in [-0.15, -0.1) is 0 Å². The van der Waals surface area contributed by atoms with Crippen LogP contribution < -0.4 is 15.4 Å². The second-order valence-corrected chi connectivity index (χ2v) is 8.02. The number of hydrogen-bond donors (Lipinski definition) is 2. The summed E-state index contributed by atoms with van der Waals surface area (Å²) in [6, 6.07) is 16.6. The molecule has 0 amide bonds. The summed E-state index contributed by atoms with van der Waals surface area (Å²) in [5.74, 6) is 1.59. The number of nitrogens with one attached hydrogen (secondary N) is 2. The fraction of sp³-hybridized carbons (Fsp3) is 0.385. The Kier molecular flexibility index (Phi) is 8.89. The number of methoxy groups -OCH3 is 1. The Hall–Kier alpha value is -3.32. The van der Waals surface area contributed by atoms with Crippen molar-refractivity contribution in [3.05, 3.63) is 82.2 Å². The molecule has 0 saturated heterocycles. The van der Waals surface area contributed by atoms with E-state index in [1.54, 1.807) is 14.2 Å². The predicted octanol–water partition coefficient (Wildman–Crippen LogP) is 3.75. The number of guanidine groups is 1. The molecule has 2 N–H and O–H groups in total. The molecule has 2 aromatic carbocycles. The van der Waals surface area contributed by atoms with Crippen LogP contribution in [0.5, 0.6) is 5.75 Å².